The molecule has 26 heavy (non-hydrogen) atoms. The fourth-order valence-corrected chi connectivity index (χ4v) is 2.88. The van der Waals surface area contributed by atoms with Gasteiger partial charge >= 0.3 is 0 Å². The summed E-state index contributed by atoms with van der Waals surface area (Å²) in [6.07, 6.45) is 2.06. The maximum atomic E-state index is 12.2. The predicted molar refractivity (Wildman–Crippen MR) is 107 cm³/mol. The number of rotatable bonds is 6. The van der Waals surface area contributed by atoms with E-state index in [2.05, 4.69) is 47.2 Å². The smallest absolute Gasteiger partial charge is 0.228 e. The van der Waals surface area contributed by atoms with E-state index in [1.807, 2.05) is 48.5 Å². The number of anilines is 3. The summed E-state index contributed by atoms with van der Waals surface area (Å²) in [6, 6.07) is 21.9. The van der Waals surface area contributed by atoms with Gasteiger partial charge in [-0.25, -0.2) is 4.98 Å². The molecule has 1 heterocycles. The number of nitrogens with one attached hydrogen (secondary N) is 1. The summed E-state index contributed by atoms with van der Waals surface area (Å²) < 4.78 is 0. The van der Waals surface area contributed by atoms with Crippen LogP contribution in [0.2, 0.25) is 0 Å². The molecule has 0 aliphatic rings. The van der Waals surface area contributed by atoms with Gasteiger partial charge in [0.15, 0.2) is 0 Å². The highest BCUT2D eigenvalue weighted by atomic mass is 16.1. The summed E-state index contributed by atoms with van der Waals surface area (Å²) in [5, 5.41) is 2.90. The van der Waals surface area contributed by atoms with Gasteiger partial charge in [0.1, 0.15) is 5.82 Å². The van der Waals surface area contributed by atoms with Crippen molar-refractivity contribution in [3.05, 3.63) is 84.1 Å². The fourth-order valence-electron chi connectivity index (χ4n) is 2.88. The van der Waals surface area contributed by atoms with Crippen molar-refractivity contribution in [2.75, 3.05) is 16.8 Å². The van der Waals surface area contributed by atoms with Crippen LogP contribution in [0, 0.1) is 6.92 Å². The van der Waals surface area contributed by atoms with E-state index in [9.17, 15) is 4.79 Å². The molecule has 0 radical (unpaired) electrons. The van der Waals surface area contributed by atoms with Crippen LogP contribution in [0.5, 0.6) is 0 Å². The zero-order valence-corrected chi connectivity index (χ0v) is 15.1. The normalized spacial score (nSPS) is 10.4. The number of carbonyl (C=O) groups is 1. The van der Waals surface area contributed by atoms with E-state index in [1.165, 1.54) is 5.56 Å². The summed E-state index contributed by atoms with van der Waals surface area (Å²) in [7, 11) is 0. The van der Waals surface area contributed by atoms with Crippen LogP contribution in [0.3, 0.4) is 0 Å². The topological polar surface area (TPSA) is 45.2 Å². The van der Waals surface area contributed by atoms with Gasteiger partial charge in [-0.05, 0) is 49.2 Å². The lowest BCUT2D eigenvalue weighted by Gasteiger charge is -2.22. The van der Waals surface area contributed by atoms with Crippen molar-refractivity contribution in [1.29, 1.82) is 0 Å². The first-order valence-electron chi connectivity index (χ1n) is 8.79. The minimum absolute atomic E-state index is 0.0446. The first-order chi connectivity index (χ1) is 12.7. The molecule has 4 nitrogen and oxygen atoms in total. The van der Waals surface area contributed by atoms with E-state index in [1.54, 1.807) is 6.20 Å². The number of nitrogens with zero attached hydrogens (tertiary/aromatic N) is 2. The van der Waals surface area contributed by atoms with Gasteiger partial charge in [-0.15, -0.1) is 0 Å². The minimum atomic E-state index is -0.0446. The molecular formula is C22H23N3O. The Kier molecular flexibility index (Phi) is 5.64. The van der Waals surface area contributed by atoms with E-state index in [4.69, 9.17) is 0 Å². The lowest BCUT2D eigenvalue weighted by molar-refractivity contribution is -0.115. The Labute approximate surface area is 154 Å². The lowest BCUT2D eigenvalue weighted by Crippen LogP contribution is -2.18. The molecule has 132 valence electrons. The largest absolute Gasteiger partial charge is 0.327 e. The minimum Gasteiger partial charge on any atom is -0.327 e. The number of aryl methyl sites for hydroxylation is 1. The first kappa shape index (κ1) is 17.7. The number of hydrogen-bond donors (Lipinski definition) is 1. The van der Waals surface area contributed by atoms with Crippen molar-refractivity contribution in [2.45, 2.75) is 20.3 Å². The van der Waals surface area contributed by atoms with Crippen molar-refractivity contribution < 1.29 is 4.79 Å². The van der Waals surface area contributed by atoms with Crippen LogP contribution in [-0.2, 0) is 11.2 Å². The molecule has 0 saturated carbocycles. The lowest BCUT2D eigenvalue weighted by atomic mass is 10.1. The van der Waals surface area contributed by atoms with Gasteiger partial charge in [0.25, 0.3) is 0 Å². The summed E-state index contributed by atoms with van der Waals surface area (Å²) in [5.41, 5.74) is 4.02. The van der Waals surface area contributed by atoms with Crippen LogP contribution >= 0.6 is 0 Å². The zero-order valence-electron chi connectivity index (χ0n) is 15.1. The highest BCUT2D eigenvalue weighted by Crippen LogP contribution is 2.24. The third-order valence-corrected chi connectivity index (χ3v) is 4.15. The summed E-state index contributed by atoms with van der Waals surface area (Å²) in [6.45, 7) is 4.99. The van der Waals surface area contributed by atoms with Crippen molar-refractivity contribution in [2.24, 2.45) is 0 Å². The maximum Gasteiger partial charge on any atom is 0.228 e. The van der Waals surface area contributed by atoms with Gasteiger partial charge in [-0.3, -0.25) is 4.79 Å². The summed E-state index contributed by atoms with van der Waals surface area (Å²) in [5.74, 6) is 0.816. The molecule has 3 aromatic rings. The number of aromatic nitrogens is 1. The third-order valence-electron chi connectivity index (χ3n) is 4.15. The average molecular weight is 345 g/mol. The molecule has 1 N–H and O–H groups in total. The van der Waals surface area contributed by atoms with Crippen LogP contribution in [-0.4, -0.2) is 17.4 Å². The Hall–Kier alpha value is -3.14. The van der Waals surface area contributed by atoms with Crippen molar-refractivity contribution in [1.82, 2.24) is 4.98 Å². The zero-order chi connectivity index (χ0) is 18.4. The molecule has 0 unspecified atom stereocenters. The summed E-state index contributed by atoms with van der Waals surface area (Å²) in [4.78, 5) is 18.8. The predicted octanol–water partition coefficient (Wildman–Crippen LogP) is 4.73. The van der Waals surface area contributed by atoms with Gasteiger partial charge in [0.05, 0.1) is 18.3 Å². The second-order valence-electron chi connectivity index (χ2n) is 6.20. The van der Waals surface area contributed by atoms with Crippen LogP contribution in [0.4, 0.5) is 17.2 Å². The summed E-state index contributed by atoms with van der Waals surface area (Å²) >= 11 is 0. The molecule has 0 saturated heterocycles. The van der Waals surface area contributed by atoms with Crippen LogP contribution in [0.25, 0.3) is 0 Å². The number of benzene rings is 2. The Bertz CT molecular complexity index is 860. The molecule has 0 spiro atoms. The number of hydrogen-bond acceptors (Lipinski definition) is 3. The molecule has 3 rings (SSSR count). The molecule has 1 aromatic heterocycles. The average Bonchev–Trinajstić information content (AvgIpc) is 2.64. The van der Waals surface area contributed by atoms with E-state index in [0.717, 1.165) is 23.6 Å². The van der Waals surface area contributed by atoms with E-state index >= 15 is 0 Å². The molecule has 2 aromatic carbocycles. The highest BCUT2D eigenvalue weighted by Gasteiger charge is 2.10. The monoisotopic (exact) mass is 345 g/mol. The molecule has 1 amide bonds. The molecule has 0 atom stereocenters. The third kappa shape index (κ3) is 4.48. The van der Waals surface area contributed by atoms with Crippen LogP contribution in [0.1, 0.15) is 18.1 Å². The second kappa shape index (κ2) is 8.30. The Morgan fingerprint density at radius 3 is 2.50 bits per heavy atom. The molecule has 4 heteroatoms. The molecule has 0 aliphatic heterocycles. The highest BCUT2D eigenvalue weighted by molar-refractivity contribution is 5.92. The van der Waals surface area contributed by atoms with Crippen LogP contribution in [0.15, 0.2) is 72.9 Å². The molecule has 0 bridgehead atoms. The van der Waals surface area contributed by atoms with Gasteiger partial charge in [-0.1, -0.05) is 42.5 Å². The second-order valence-corrected chi connectivity index (χ2v) is 6.20. The van der Waals surface area contributed by atoms with Gasteiger partial charge in [-0.2, -0.15) is 0 Å². The Morgan fingerprint density at radius 2 is 1.85 bits per heavy atom. The van der Waals surface area contributed by atoms with Crippen LogP contribution < -0.4 is 10.2 Å². The number of carbonyl (C=O) groups excluding carboxylic acids is 1. The van der Waals surface area contributed by atoms with Crippen molar-refractivity contribution in [3.8, 4) is 0 Å². The van der Waals surface area contributed by atoms with E-state index in [-0.39, 0.29) is 5.91 Å². The van der Waals surface area contributed by atoms with E-state index in [0.29, 0.717) is 12.1 Å². The quantitative estimate of drug-likeness (QED) is 0.702. The molecule has 0 aliphatic carbocycles. The Morgan fingerprint density at radius 1 is 1.04 bits per heavy atom. The standard InChI is InChI=1S/C22H23N3O/c1-3-25(20-11-7-8-17(2)14-20)21-13-12-19(16-23-21)24-22(26)15-18-9-5-4-6-10-18/h4-14,16H,3,15H2,1-2H3,(H,24,26). The Balaban J connectivity index is 1.68. The van der Waals surface area contributed by atoms with Gasteiger partial charge in [0, 0.05) is 12.2 Å². The van der Waals surface area contributed by atoms with Gasteiger partial charge in [0.2, 0.25) is 5.91 Å². The van der Waals surface area contributed by atoms with Gasteiger partial charge < -0.3 is 10.2 Å². The van der Waals surface area contributed by atoms with E-state index < -0.39 is 0 Å². The van der Waals surface area contributed by atoms with Crippen molar-refractivity contribution in [3.63, 3.8) is 0 Å². The maximum absolute atomic E-state index is 12.2. The number of amides is 1. The molecular weight excluding hydrogens is 322 g/mol. The van der Waals surface area contributed by atoms with Crippen molar-refractivity contribution >= 4 is 23.1 Å². The molecule has 0 fully saturated rings. The SMILES string of the molecule is CCN(c1cccc(C)c1)c1ccc(NC(=O)Cc2ccccc2)cn1. The first-order valence-corrected chi connectivity index (χ1v) is 8.79. The fraction of sp³-hybridized carbons (Fsp3) is 0.182. The number of pyridine rings is 1.